The lowest BCUT2D eigenvalue weighted by Gasteiger charge is -2.38. The van der Waals surface area contributed by atoms with Crippen LogP contribution in [0.4, 0.5) is 4.39 Å². The molecule has 0 aliphatic carbocycles. The Bertz CT molecular complexity index is 409. The number of nitrogens with zero attached hydrogens (tertiary/aromatic N) is 2. The van der Waals surface area contributed by atoms with Crippen LogP contribution in [0.2, 0.25) is 0 Å². The number of hydrogen-bond acceptors (Lipinski definition) is 2. The molecule has 15 heavy (non-hydrogen) atoms. The zero-order valence-corrected chi connectivity index (χ0v) is 8.70. The smallest absolute Gasteiger partial charge is 0.129 e. The molecule has 1 unspecified atom stereocenters. The van der Waals surface area contributed by atoms with Crippen LogP contribution in [0, 0.1) is 17.1 Å². The molecule has 3 heteroatoms. The van der Waals surface area contributed by atoms with Crippen molar-refractivity contribution in [2.75, 3.05) is 6.54 Å². The van der Waals surface area contributed by atoms with E-state index in [4.69, 9.17) is 5.26 Å². The maximum absolute atomic E-state index is 13.5. The second-order valence-corrected chi connectivity index (χ2v) is 4.03. The van der Waals surface area contributed by atoms with Gasteiger partial charge in [-0.3, -0.25) is 4.90 Å². The normalized spacial score (nSPS) is 20.7. The van der Waals surface area contributed by atoms with Gasteiger partial charge in [0.05, 0.1) is 11.6 Å². The Hall–Kier alpha value is -1.40. The van der Waals surface area contributed by atoms with Crippen LogP contribution in [0.1, 0.15) is 24.5 Å². The third-order valence-electron chi connectivity index (χ3n) is 3.01. The Morgan fingerprint density at radius 1 is 1.60 bits per heavy atom. The summed E-state index contributed by atoms with van der Waals surface area (Å²) in [6, 6.07) is 7.17. The summed E-state index contributed by atoms with van der Waals surface area (Å²) in [5.74, 6) is -0.270. The highest BCUT2D eigenvalue weighted by molar-refractivity contribution is 5.32. The van der Waals surface area contributed by atoms with Gasteiger partial charge in [0, 0.05) is 24.7 Å². The molecule has 0 N–H and O–H groups in total. The molecule has 2 rings (SSSR count). The zero-order chi connectivity index (χ0) is 10.8. The van der Waals surface area contributed by atoms with E-state index in [9.17, 15) is 4.39 Å². The molecule has 78 valence electrons. The van der Waals surface area contributed by atoms with Crippen LogP contribution in [-0.2, 0) is 6.54 Å². The second kappa shape index (κ2) is 4.00. The summed E-state index contributed by atoms with van der Waals surface area (Å²) in [5.41, 5.74) is 1.06. The van der Waals surface area contributed by atoms with Crippen molar-refractivity contribution in [3.63, 3.8) is 0 Å². The van der Waals surface area contributed by atoms with E-state index in [0.717, 1.165) is 6.54 Å². The minimum absolute atomic E-state index is 0.270. The largest absolute Gasteiger partial charge is 0.296 e. The van der Waals surface area contributed by atoms with Crippen LogP contribution in [0.15, 0.2) is 18.2 Å². The van der Waals surface area contributed by atoms with Crippen LogP contribution < -0.4 is 0 Å². The van der Waals surface area contributed by atoms with Gasteiger partial charge in [0.15, 0.2) is 0 Å². The molecule has 2 nitrogen and oxygen atoms in total. The average Bonchev–Trinajstić information content (AvgIpc) is 2.25. The van der Waals surface area contributed by atoms with Gasteiger partial charge in [-0.25, -0.2) is 4.39 Å². The fourth-order valence-electron chi connectivity index (χ4n) is 1.77. The van der Waals surface area contributed by atoms with E-state index in [-0.39, 0.29) is 5.82 Å². The van der Waals surface area contributed by atoms with Crippen molar-refractivity contribution >= 4 is 0 Å². The molecule has 1 aromatic rings. The Balaban J connectivity index is 2.12. The van der Waals surface area contributed by atoms with E-state index < -0.39 is 0 Å². The van der Waals surface area contributed by atoms with E-state index >= 15 is 0 Å². The first kappa shape index (κ1) is 10.1. The summed E-state index contributed by atoms with van der Waals surface area (Å²) >= 11 is 0. The first-order valence-corrected chi connectivity index (χ1v) is 5.13. The molecule has 0 saturated carbocycles. The van der Waals surface area contributed by atoms with Gasteiger partial charge in [0.25, 0.3) is 0 Å². The molecule has 0 bridgehead atoms. The van der Waals surface area contributed by atoms with Crippen LogP contribution in [0.3, 0.4) is 0 Å². The van der Waals surface area contributed by atoms with Gasteiger partial charge in [-0.15, -0.1) is 0 Å². The molecule has 1 saturated heterocycles. The Kier molecular flexibility index (Phi) is 2.70. The van der Waals surface area contributed by atoms with Gasteiger partial charge in [0.1, 0.15) is 5.82 Å². The number of likely N-dealkylation sites (tertiary alicyclic amines) is 1. The predicted octanol–water partition coefficient (Wildman–Crippen LogP) is 2.29. The van der Waals surface area contributed by atoms with Crippen molar-refractivity contribution in [1.29, 1.82) is 5.26 Å². The topological polar surface area (TPSA) is 27.0 Å². The number of nitriles is 1. The van der Waals surface area contributed by atoms with Crippen molar-refractivity contribution in [1.82, 2.24) is 4.90 Å². The lowest BCUT2D eigenvalue weighted by molar-refractivity contribution is 0.0945. The third-order valence-corrected chi connectivity index (χ3v) is 3.01. The van der Waals surface area contributed by atoms with Crippen molar-refractivity contribution in [3.8, 4) is 6.07 Å². The van der Waals surface area contributed by atoms with Gasteiger partial charge in [-0.05, 0) is 25.5 Å². The maximum Gasteiger partial charge on any atom is 0.129 e. The minimum atomic E-state index is -0.270. The first-order valence-electron chi connectivity index (χ1n) is 5.13. The summed E-state index contributed by atoms with van der Waals surface area (Å²) in [4.78, 5) is 2.23. The number of benzene rings is 1. The molecular weight excluding hydrogens is 191 g/mol. The molecule has 0 aromatic heterocycles. The van der Waals surface area contributed by atoms with Crippen molar-refractivity contribution in [3.05, 3.63) is 35.1 Å². The molecule has 1 atom stereocenters. The molecule has 0 spiro atoms. The van der Waals surface area contributed by atoms with Gasteiger partial charge in [-0.1, -0.05) is 6.07 Å². The fourth-order valence-corrected chi connectivity index (χ4v) is 1.77. The number of rotatable bonds is 2. The van der Waals surface area contributed by atoms with E-state index in [0.29, 0.717) is 23.7 Å². The Labute approximate surface area is 88.9 Å². The molecule has 1 aliphatic heterocycles. The molecular formula is C12H13FN2. The molecule has 1 aliphatic rings. The van der Waals surface area contributed by atoms with Crippen LogP contribution in [0.25, 0.3) is 0 Å². The minimum Gasteiger partial charge on any atom is -0.296 e. The van der Waals surface area contributed by atoms with Gasteiger partial charge in [-0.2, -0.15) is 5.26 Å². The third kappa shape index (κ3) is 2.00. The highest BCUT2D eigenvalue weighted by atomic mass is 19.1. The maximum atomic E-state index is 13.5. The summed E-state index contributed by atoms with van der Waals surface area (Å²) < 4.78 is 13.5. The lowest BCUT2D eigenvalue weighted by Crippen LogP contribution is -2.44. The first-order chi connectivity index (χ1) is 7.20. The van der Waals surface area contributed by atoms with Crippen LogP contribution >= 0.6 is 0 Å². The summed E-state index contributed by atoms with van der Waals surface area (Å²) in [5, 5.41) is 8.61. The van der Waals surface area contributed by atoms with E-state index in [1.165, 1.54) is 12.5 Å². The molecule has 0 amide bonds. The van der Waals surface area contributed by atoms with Crippen molar-refractivity contribution in [2.45, 2.75) is 25.9 Å². The molecule has 1 heterocycles. The average molecular weight is 204 g/mol. The van der Waals surface area contributed by atoms with Crippen molar-refractivity contribution < 1.29 is 4.39 Å². The Morgan fingerprint density at radius 3 is 2.87 bits per heavy atom. The second-order valence-electron chi connectivity index (χ2n) is 4.03. The van der Waals surface area contributed by atoms with E-state index in [1.807, 2.05) is 6.07 Å². The van der Waals surface area contributed by atoms with E-state index in [1.54, 1.807) is 12.1 Å². The van der Waals surface area contributed by atoms with E-state index in [2.05, 4.69) is 11.8 Å². The number of halogens is 1. The Morgan fingerprint density at radius 2 is 2.40 bits per heavy atom. The summed E-state index contributed by atoms with van der Waals surface area (Å²) in [6.45, 7) is 3.84. The van der Waals surface area contributed by atoms with Crippen molar-refractivity contribution in [2.24, 2.45) is 0 Å². The monoisotopic (exact) mass is 204 g/mol. The van der Waals surface area contributed by atoms with Gasteiger partial charge >= 0.3 is 0 Å². The summed E-state index contributed by atoms with van der Waals surface area (Å²) in [6.07, 6.45) is 1.19. The zero-order valence-electron chi connectivity index (χ0n) is 8.70. The van der Waals surface area contributed by atoms with Gasteiger partial charge in [0.2, 0.25) is 0 Å². The lowest BCUT2D eigenvalue weighted by atomic mass is 10.0. The number of hydrogen-bond donors (Lipinski definition) is 0. The fraction of sp³-hybridized carbons (Fsp3) is 0.417. The van der Waals surface area contributed by atoms with Crippen LogP contribution in [0.5, 0.6) is 0 Å². The van der Waals surface area contributed by atoms with Gasteiger partial charge < -0.3 is 0 Å². The molecule has 1 aromatic carbocycles. The highest BCUT2D eigenvalue weighted by Crippen LogP contribution is 2.21. The SMILES string of the molecule is CC1CCN1Cc1ccc(C#N)cc1F. The standard InChI is InChI=1S/C12H13FN2/c1-9-4-5-15(9)8-11-3-2-10(7-14)6-12(11)13/h2-3,6,9H,4-5,8H2,1H3. The molecule has 0 radical (unpaired) electrons. The summed E-state index contributed by atoms with van der Waals surface area (Å²) in [7, 11) is 0. The molecule has 1 fully saturated rings. The quantitative estimate of drug-likeness (QED) is 0.739. The predicted molar refractivity (Wildman–Crippen MR) is 55.6 cm³/mol. The highest BCUT2D eigenvalue weighted by Gasteiger charge is 2.23. The van der Waals surface area contributed by atoms with Crippen LogP contribution in [-0.4, -0.2) is 17.5 Å².